The molecule has 4 heteroatoms. The Morgan fingerprint density at radius 2 is 2.00 bits per heavy atom. The van der Waals surface area contributed by atoms with Gasteiger partial charge < -0.3 is 9.15 Å². The SMILES string of the molecule is CCCc1cc(=O)oc2cc(OC(=O)C3CCCCC3)ccc12. The zero-order valence-electron chi connectivity index (χ0n) is 13.5. The highest BCUT2D eigenvalue weighted by molar-refractivity contribution is 5.83. The number of ether oxygens (including phenoxy) is 1. The number of rotatable bonds is 4. The van der Waals surface area contributed by atoms with Gasteiger partial charge in [0.2, 0.25) is 0 Å². The molecule has 0 bridgehead atoms. The summed E-state index contributed by atoms with van der Waals surface area (Å²) in [6, 6.07) is 6.84. The van der Waals surface area contributed by atoms with E-state index >= 15 is 0 Å². The van der Waals surface area contributed by atoms with E-state index in [2.05, 4.69) is 6.92 Å². The van der Waals surface area contributed by atoms with Crippen LogP contribution in [-0.4, -0.2) is 5.97 Å². The summed E-state index contributed by atoms with van der Waals surface area (Å²) in [4.78, 5) is 23.9. The third kappa shape index (κ3) is 3.63. The number of esters is 1. The monoisotopic (exact) mass is 314 g/mol. The lowest BCUT2D eigenvalue weighted by molar-refractivity contribution is -0.139. The van der Waals surface area contributed by atoms with Gasteiger partial charge in [0.15, 0.2) is 0 Å². The first-order valence-electron chi connectivity index (χ1n) is 8.46. The molecule has 1 heterocycles. The van der Waals surface area contributed by atoms with Crippen LogP contribution in [0.4, 0.5) is 0 Å². The van der Waals surface area contributed by atoms with E-state index in [-0.39, 0.29) is 17.5 Å². The third-order valence-electron chi connectivity index (χ3n) is 4.48. The lowest BCUT2D eigenvalue weighted by Crippen LogP contribution is -2.22. The molecule has 1 aliphatic rings. The number of carbonyl (C=O) groups is 1. The number of hydrogen-bond acceptors (Lipinski definition) is 4. The van der Waals surface area contributed by atoms with Crippen LogP contribution < -0.4 is 10.4 Å². The van der Waals surface area contributed by atoms with E-state index in [0.29, 0.717) is 11.3 Å². The number of fused-ring (bicyclic) bond motifs is 1. The van der Waals surface area contributed by atoms with Gasteiger partial charge in [0, 0.05) is 17.5 Å². The fourth-order valence-electron chi connectivity index (χ4n) is 3.29. The molecule has 0 spiro atoms. The first-order valence-corrected chi connectivity index (χ1v) is 8.46. The Labute approximate surface area is 135 Å². The van der Waals surface area contributed by atoms with Crippen molar-refractivity contribution in [2.24, 2.45) is 5.92 Å². The second-order valence-electron chi connectivity index (χ2n) is 6.25. The molecule has 1 fully saturated rings. The highest BCUT2D eigenvalue weighted by atomic mass is 16.5. The molecule has 0 atom stereocenters. The normalized spacial score (nSPS) is 15.7. The number of hydrogen-bond donors (Lipinski definition) is 0. The average Bonchev–Trinajstić information content (AvgIpc) is 2.55. The molecule has 0 radical (unpaired) electrons. The minimum Gasteiger partial charge on any atom is -0.426 e. The van der Waals surface area contributed by atoms with E-state index in [0.717, 1.165) is 49.5 Å². The molecule has 1 aromatic heterocycles. The zero-order valence-corrected chi connectivity index (χ0v) is 13.5. The Morgan fingerprint density at radius 3 is 2.74 bits per heavy atom. The topological polar surface area (TPSA) is 56.5 Å². The van der Waals surface area contributed by atoms with E-state index in [9.17, 15) is 9.59 Å². The summed E-state index contributed by atoms with van der Waals surface area (Å²) in [7, 11) is 0. The van der Waals surface area contributed by atoms with E-state index in [4.69, 9.17) is 9.15 Å². The van der Waals surface area contributed by atoms with Crippen LogP contribution in [0.25, 0.3) is 11.0 Å². The predicted octanol–water partition coefficient (Wildman–Crippen LogP) is 4.23. The fraction of sp³-hybridized carbons (Fsp3) is 0.474. The summed E-state index contributed by atoms with van der Waals surface area (Å²) >= 11 is 0. The van der Waals surface area contributed by atoms with Crippen molar-refractivity contribution >= 4 is 16.9 Å². The number of aryl methyl sites for hydroxylation is 1. The second-order valence-corrected chi connectivity index (χ2v) is 6.25. The standard InChI is InChI=1S/C19H22O4/c1-2-6-14-11-18(20)23-17-12-15(9-10-16(14)17)22-19(21)13-7-4-3-5-8-13/h9-13H,2-8H2,1H3. The smallest absolute Gasteiger partial charge is 0.336 e. The molecule has 0 unspecified atom stereocenters. The van der Waals surface area contributed by atoms with Gasteiger partial charge in [-0.1, -0.05) is 32.6 Å². The van der Waals surface area contributed by atoms with Gasteiger partial charge in [-0.15, -0.1) is 0 Å². The maximum atomic E-state index is 12.2. The highest BCUT2D eigenvalue weighted by Gasteiger charge is 2.23. The molecule has 122 valence electrons. The number of carbonyl (C=O) groups excluding carboxylic acids is 1. The van der Waals surface area contributed by atoms with Crippen molar-refractivity contribution in [1.29, 1.82) is 0 Å². The summed E-state index contributed by atoms with van der Waals surface area (Å²) in [6.45, 7) is 2.07. The Bertz CT molecular complexity index is 754. The van der Waals surface area contributed by atoms with E-state index in [1.165, 1.54) is 6.42 Å². The van der Waals surface area contributed by atoms with Crippen LogP contribution in [-0.2, 0) is 11.2 Å². The third-order valence-corrected chi connectivity index (χ3v) is 4.48. The summed E-state index contributed by atoms with van der Waals surface area (Å²) in [5, 5.41) is 0.906. The minimum absolute atomic E-state index is 0.00196. The molecule has 3 rings (SSSR count). The molecule has 1 aliphatic carbocycles. The predicted molar refractivity (Wildman–Crippen MR) is 88.7 cm³/mol. The molecule has 1 saturated carbocycles. The Morgan fingerprint density at radius 1 is 1.22 bits per heavy atom. The molecule has 1 aromatic carbocycles. The molecule has 0 aliphatic heterocycles. The largest absolute Gasteiger partial charge is 0.426 e. The van der Waals surface area contributed by atoms with E-state index < -0.39 is 0 Å². The zero-order chi connectivity index (χ0) is 16.2. The van der Waals surface area contributed by atoms with Gasteiger partial charge in [-0.25, -0.2) is 4.79 Å². The Kier molecular flexibility index (Phi) is 4.79. The molecule has 2 aromatic rings. The van der Waals surface area contributed by atoms with E-state index in [1.807, 2.05) is 6.07 Å². The van der Waals surface area contributed by atoms with Gasteiger partial charge >= 0.3 is 11.6 Å². The first kappa shape index (κ1) is 15.8. The molecular weight excluding hydrogens is 292 g/mol. The lowest BCUT2D eigenvalue weighted by atomic mass is 9.89. The van der Waals surface area contributed by atoms with Crippen LogP contribution in [0.3, 0.4) is 0 Å². The van der Waals surface area contributed by atoms with Crippen molar-refractivity contribution in [3.63, 3.8) is 0 Å². The first-order chi connectivity index (χ1) is 11.2. The van der Waals surface area contributed by atoms with Crippen LogP contribution in [0.5, 0.6) is 5.75 Å². The van der Waals surface area contributed by atoms with E-state index in [1.54, 1.807) is 18.2 Å². The lowest BCUT2D eigenvalue weighted by Gasteiger charge is -2.19. The van der Waals surface area contributed by atoms with Crippen molar-refractivity contribution in [2.45, 2.75) is 51.9 Å². The van der Waals surface area contributed by atoms with Gasteiger partial charge in [-0.05, 0) is 37.0 Å². The van der Waals surface area contributed by atoms with Gasteiger partial charge in [0.05, 0.1) is 5.92 Å². The van der Waals surface area contributed by atoms with Crippen LogP contribution in [0.15, 0.2) is 33.5 Å². The van der Waals surface area contributed by atoms with Crippen LogP contribution >= 0.6 is 0 Å². The number of benzene rings is 1. The maximum Gasteiger partial charge on any atom is 0.336 e. The molecule has 0 N–H and O–H groups in total. The molecule has 4 nitrogen and oxygen atoms in total. The van der Waals surface area contributed by atoms with Crippen LogP contribution in [0.1, 0.15) is 51.0 Å². The van der Waals surface area contributed by atoms with Crippen molar-refractivity contribution in [1.82, 2.24) is 0 Å². The van der Waals surface area contributed by atoms with Crippen molar-refractivity contribution < 1.29 is 13.9 Å². The summed E-state index contributed by atoms with van der Waals surface area (Å²) < 4.78 is 10.8. The molecule has 0 amide bonds. The van der Waals surface area contributed by atoms with Gasteiger partial charge in [-0.2, -0.15) is 0 Å². The van der Waals surface area contributed by atoms with Gasteiger partial charge in [0.25, 0.3) is 0 Å². The molecule has 0 saturated heterocycles. The fourth-order valence-corrected chi connectivity index (χ4v) is 3.29. The summed E-state index contributed by atoms with van der Waals surface area (Å²) in [5.41, 5.74) is 1.09. The van der Waals surface area contributed by atoms with Crippen LogP contribution in [0, 0.1) is 5.92 Å². The second kappa shape index (κ2) is 6.99. The summed E-state index contributed by atoms with van der Waals surface area (Å²) in [5.74, 6) is 0.277. The van der Waals surface area contributed by atoms with Crippen molar-refractivity contribution in [3.05, 3.63) is 40.2 Å². The molecular formula is C19H22O4. The quantitative estimate of drug-likeness (QED) is 0.481. The Balaban J connectivity index is 1.85. The average molecular weight is 314 g/mol. The highest BCUT2D eigenvalue weighted by Crippen LogP contribution is 2.27. The van der Waals surface area contributed by atoms with Gasteiger partial charge in [0.1, 0.15) is 11.3 Å². The Hall–Kier alpha value is -2.10. The maximum absolute atomic E-state index is 12.2. The van der Waals surface area contributed by atoms with Crippen molar-refractivity contribution in [2.75, 3.05) is 0 Å². The van der Waals surface area contributed by atoms with Crippen LogP contribution in [0.2, 0.25) is 0 Å². The summed E-state index contributed by atoms with van der Waals surface area (Å²) in [6.07, 6.45) is 6.97. The minimum atomic E-state index is -0.364. The van der Waals surface area contributed by atoms with Crippen molar-refractivity contribution in [3.8, 4) is 5.75 Å². The van der Waals surface area contributed by atoms with Gasteiger partial charge in [-0.3, -0.25) is 4.79 Å². The molecule has 23 heavy (non-hydrogen) atoms.